The first-order valence-electron chi connectivity index (χ1n) is 5.87. The van der Waals surface area contributed by atoms with E-state index in [0.717, 1.165) is 24.2 Å². The van der Waals surface area contributed by atoms with Crippen molar-refractivity contribution in [2.45, 2.75) is 30.0 Å². The van der Waals surface area contributed by atoms with Crippen molar-refractivity contribution in [1.29, 1.82) is 0 Å². The minimum Gasteiger partial charge on any atom is -0.465 e. The van der Waals surface area contributed by atoms with Gasteiger partial charge in [-0.05, 0) is 47.1 Å². The van der Waals surface area contributed by atoms with E-state index < -0.39 is 16.0 Å². The molecule has 1 aromatic rings. The summed E-state index contributed by atoms with van der Waals surface area (Å²) >= 11 is 4.37. The summed E-state index contributed by atoms with van der Waals surface area (Å²) in [5, 5.41) is 1.70. The minimum absolute atomic E-state index is 0.0802. The lowest BCUT2D eigenvalue weighted by molar-refractivity contribution is -0.143. The van der Waals surface area contributed by atoms with Crippen LogP contribution in [0.25, 0.3) is 0 Å². The van der Waals surface area contributed by atoms with E-state index in [4.69, 9.17) is 4.74 Å². The molecule has 1 aliphatic carbocycles. The number of thiophene rings is 1. The van der Waals surface area contributed by atoms with E-state index in [0.29, 0.717) is 4.47 Å². The number of carbonyl (C=O) groups excluding carboxylic acids is 1. The molecular weight excluding hydrogens is 354 g/mol. The number of esters is 1. The van der Waals surface area contributed by atoms with E-state index in [2.05, 4.69) is 15.9 Å². The molecule has 1 fully saturated rings. The first-order valence-corrected chi connectivity index (χ1v) is 8.98. The first-order chi connectivity index (χ1) is 8.96. The van der Waals surface area contributed by atoms with Crippen LogP contribution in [-0.2, 0) is 19.6 Å². The summed E-state index contributed by atoms with van der Waals surface area (Å²) in [6, 6.07) is 1.61. The fraction of sp³-hybridized carbons (Fsp3) is 0.545. The van der Waals surface area contributed by atoms with Gasteiger partial charge in [0.15, 0.2) is 0 Å². The van der Waals surface area contributed by atoms with E-state index in [1.807, 2.05) is 0 Å². The van der Waals surface area contributed by atoms with Gasteiger partial charge in [0, 0.05) is 10.5 Å². The number of hydrogen-bond donors (Lipinski definition) is 0. The Balaban J connectivity index is 2.24. The average molecular weight is 368 g/mol. The molecule has 0 radical (unpaired) electrons. The van der Waals surface area contributed by atoms with Gasteiger partial charge in [-0.25, -0.2) is 8.42 Å². The van der Waals surface area contributed by atoms with Gasteiger partial charge < -0.3 is 4.74 Å². The van der Waals surface area contributed by atoms with Crippen molar-refractivity contribution < 1.29 is 17.9 Å². The molecule has 0 aliphatic heterocycles. The van der Waals surface area contributed by atoms with Crippen molar-refractivity contribution >= 4 is 43.3 Å². The maximum atomic E-state index is 12.5. The van der Waals surface area contributed by atoms with Gasteiger partial charge in [-0.1, -0.05) is 0 Å². The van der Waals surface area contributed by atoms with Crippen molar-refractivity contribution in [2.24, 2.45) is 0 Å². The molecule has 0 saturated heterocycles. The topological polar surface area (TPSA) is 63.7 Å². The molecular formula is C11H14BrNO4S2. The van der Waals surface area contributed by atoms with Gasteiger partial charge in [0.1, 0.15) is 10.8 Å². The standard InChI is InChI=1S/C11H14BrNO4S2/c1-2-17-10(14)7-13(8-3-4-8)19(15,16)11-9(12)5-6-18-11/h5-6,8H,2-4,7H2,1H3. The van der Waals surface area contributed by atoms with Crippen molar-refractivity contribution in [3.63, 3.8) is 0 Å². The summed E-state index contributed by atoms with van der Waals surface area (Å²) in [5.74, 6) is -0.509. The molecule has 1 aromatic heterocycles. The number of sulfonamides is 1. The molecule has 19 heavy (non-hydrogen) atoms. The second-order valence-corrected chi connectivity index (χ2v) is 8.00. The predicted molar refractivity (Wildman–Crippen MR) is 75.6 cm³/mol. The Morgan fingerprint density at radius 2 is 2.26 bits per heavy atom. The molecule has 1 aliphatic rings. The fourth-order valence-corrected chi connectivity index (χ4v) is 5.73. The molecule has 0 spiro atoms. The van der Waals surface area contributed by atoms with Gasteiger partial charge in [-0.2, -0.15) is 4.31 Å². The van der Waals surface area contributed by atoms with Crippen molar-refractivity contribution in [3.05, 3.63) is 15.9 Å². The SMILES string of the molecule is CCOC(=O)CN(C1CC1)S(=O)(=O)c1sccc1Br. The van der Waals surface area contributed by atoms with Crippen LogP contribution in [0, 0.1) is 0 Å². The summed E-state index contributed by atoms with van der Waals surface area (Å²) in [7, 11) is -3.63. The maximum Gasteiger partial charge on any atom is 0.321 e. The van der Waals surface area contributed by atoms with E-state index in [9.17, 15) is 13.2 Å². The number of carbonyl (C=O) groups is 1. The highest BCUT2D eigenvalue weighted by Gasteiger charge is 2.40. The first kappa shape index (κ1) is 15.0. The monoisotopic (exact) mass is 367 g/mol. The van der Waals surface area contributed by atoms with Crippen LogP contribution >= 0.6 is 27.3 Å². The third-order valence-corrected chi connectivity index (χ3v) is 7.22. The Bertz CT molecular complexity index is 565. The van der Waals surface area contributed by atoms with Crippen LogP contribution in [0.5, 0.6) is 0 Å². The van der Waals surface area contributed by atoms with Crippen LogP contribution in [0.15, 0.2) is 20.1 Å². The molecule has 0 unspecified atom stereocenters. The number of rotatable bonds is 6. The van der Waals surface area contributed by atoms with Crippen molar-refractivity contribution in [2.75, 3.05) is 13.2 Å². The van der Waals surface area contributed by atoms with Gasteiger partial charge in [-0.15, -0.1) is 11.3 Å². The highest BCUT2D eigenvalue weighted by atomic mass is 79.9. The summed E-state index contributed by atoms with van der Waals surface area (Å²) in [4.78, 5) is 11.6. The summed E-state index contributed by atoms with van der Waals surface area (Å²) in [6.07, 6.45) is 1.59. The van der Waals surface area contributed by atoms with Crippen LogP contribution in [0.2, 0.25) is 0 Å². The molecule has 1 heterocycles. The lowest BCUT2D eigenvalue weighted by Gasteiger charge is -2.20. The van der Waals surface area contributed by atoms with Crippen molar-refractivity contribution in [3.8, 4) is 0 Å². The number of nitrogens with zero attached hydrogens (tertiary/aromatic N) is 1. The number of hydrogen-bond acceptors (Lipinski definition) is 5. The van der Waals surface area contributed by atoms with E-state index >= 15 is 0 Å². The van der Waals surface area contributed by atoms with Gasteiger partial charge in [0.25, 0.3) is 10.0 Å². The van der Waals surface area contributed by atoms with Crippen LogP contribution in [0.4, 0.5) is 0 Å². The van der Waals surface area contributed by atoms with Gasteiger partial charge in [-0.3, -0.25) is 4.79 Å². The Kier molecular flexibility index (Phi) is 4.65. The molecule has 1 saturated carbocycles. The molecule has 5 nitrogen and oxygen atoms in total. The summed E-state index contributed by atoms with van der Waals surface area (Å²) in [5.41, 5.74) is 0. The van der Waals surface area contributed by atoms with Crippen LogP contribution in [-0.4, -0.2) is 37.9 Å². The zero-order valence-corrected chi connectivity index (χ0v) is 13.6. The van der Waals surface area contributed by atoms with Crippen LogP contribution in [0.1, 0.15) is 19.8 Å². The minimum atomic E-state index is -3.63. The maximum absolute atomic E-state index is 12.5. The zero-order chi connectivity index (χ0) is 14.0. The molecule has 0 N–H and O–H groups in total. The normalized spacial score (nSPS) is 15.7. The van der Waals surface area contributed by atoms with Crippen LogP contribution in [0.3, 0.4) is 0 Å². The average Bonchev–Trinajstić information content (AvgIpc) is 3.07. The summed E-state index contributed by atoms with van der Waals surface area (Å²) in [6.45, 7) is 1.73. The molecule has 0 amide bonds. The third-order valence-electron chi connectivity index (χ3n) is 2.67. The highest BCUT2D eigenvalue weighted by Crippen LogP contribution is 2.36. The highest BCUT2D eigenvalue weighted by molar-refractivity contribution is 9.10. The Morgan fingerprint density at radius 3 is 2.74 bits per heavy atom. The third kappa shape index (κ3) is 3.36. The lowest BCUT2D eigenvalue weighted by atomic mass is 10.6. The number of halogens is 1. The van der Waals surface area contributed by atoms with E-state index in [1.54, 1.807) is 18.4 Å². The Hall–Kier alpha value is -0.440. The molecule has 8 heteroatoms. The quantitative estimate of drug-likeness (QED) is 0.723. The molecule has 0 bridgehead atoms. The second kappa shape index (κ2) is 5.90. The fourth-order valence-electron chi connectivity index (χ4n) is 1.68. The van der Waals surface area contributed by atoms with E-state index in [1.165, 1.54) is 4.31 Å². The summed E-state index contributed by atoms with van der Waals surface area (Å²) < 4.78 is 31.9. The molecule has 2 rings (SSSR count). The molecule has 0 aromatic carbocycles. The molecule has 106 valence electrons. The zero-order valence-electron chi connectivity index (χ0n) is 10.3. The predicted octanol–water partition coefficient (Wildman–Crippen LogP) is 2.23. The largest absolute Gasteiger partial charge is 0.465 e. The van der Waals surface area contributed by atoms with Gasteiger partial charge in [0.05, 0.1) is 6.61 Å². The lowest BCUT2D eigenvalue weighted by Crippen LogP contribution is -2.38. The molecule has 0 atom stereocenters. The van der Waals surface area contributed by atoms with Crippen molar-refractivity contribution in [1.82, 2.24) is 4.31 Å². The second-order valence-electron chi connectivity index (χ2n) is 4.14. The smallest absolute Gasteiger partial charge is 0.321 e. The van der Waals surface area contributed by atoms with Crippen LogP contribution < -0.4 is 0 Å². The van der Waals surface area contributed by atoms with E-state index in [-0.39, 0.29) is 23.4 Å². The Labute approximate surface area is 124 Å². The van der Waals surface area contributed by atoms with Gasteiger partial charge >= 0.3 is 5.97 Å². The number of ether oxygens (including phenoxy) is 1. The Morgan fingerprint density at radius 1 is 1.58 bits per heavy atom. The van der Waals surface area contributed by atoms with Gasteiger partial charge in [0.2, 0.25) is 0 Å².